The molecule has 8 nitrogen and oxygen atoms in total. The van der Waals surface area contributed by atoms with Crippen molar-refractivity contribution in [2.45, 2.75) is 51.2 Å². The van der Waals surface area contributed by atoms with Crippen molar-refractivity contribution in [1.82, 2.24) is 10.2 Å². The summed E-state index contributed by atoms with van der Waals surface area (Å²) in [5, 5.41) is 25.9. The molecule has 0 saturated carbocycles. The topological polar surface area (TPSA) is 119 Å². The predicted molar refractivity (Wildman–Crippen MR) is 120 cm³/mol. The second-order valence-electron chi connectivity index (χ2n) is 9.40. The number of phenols is 2. The number of aryl methyl sites for hydroxylation is 1. The van der Waals surface area contributed by atoms with Crippen molar-refractivity contribution in [2.75, 3.05) is 5.32 Å². The number of imide groups is 1. The summed E-state index contributed by atoms with van der Waals surface area (Å²) in [7, 11) is 0. The first kappa shape index (κ1) is 21.5. The van der Waals surface area contributed by atoms with Crippen molar-refractivity contribution in [3.8, 4) is 11.5 Å². The molecule has 0 aromatic heterocycles. The van der Waals surface area contributed by atoms with E-state index < -0.39 is 23.4 Å². The van der Waals surface area contributed by atoms with Gasteiger partial charge >= 0.3 is 0 Å². The molecule has 2 saturated heterocycles. The summed E-state index contributed by atoms with van der Waals surface area (Å²) in [6.07, 6.45) is 0.925. The lowest BCUT2D eigenvalue weighted by Crippen LogP contribution is -2.54. The summed E-state index contributed by atoms with van der Waals surface area (Å²) in [5.74, 6) is -3.01. The lowest BCUT2D eigenvalue weighted by molar-refractivity contribution is -0.145. The lowest BCUT2D eigenvalue weighted by atomic mass is 9.76. The molecule has 3 heterocycles. The van der Waals surface area contributed by atoms with E-state index in [2.05, 4.69) is 10.6 Å². The fourth-order valence-electron chi connectivity index (χ4n) is 5.68. The number of amides is 3. The van der Waals surface area contributed by atoms with Crippen LogP contribution in [0.3, 0.4) is 0 Å². The van der Waals surface area contributed by atoms with Crippen LogP contribution in [0.15, 0.2) is 36.4 Å². The van der Waals surface area contributed by atoms with E-state index in [1.165, 1.54) is 17.0 Å². The monoisotopic (exact) mass is 449 g/mol. The second-order valence-corrected chi connectivity index (χ2v) is 9.40. The van der Waals surface area contributed by atoms with Gasteiger partial charge in [-0.1, -0.05) is 30.7 Å². The van der Waals surface area contributed by atoms with E-state index in [9.17, 15) is 24.6 Å². The van der Waals surface area contributed by atoms with Gasteiger partial charge in [-0.05, 0) is 50.5 Å². The molecule has 2 aromatic rings. The number of carbonyl (C=O) groups excluding carboxylic acids is 3. The number of rotatable bonds is 4. The smallest absolute Gasteiger partial charge is 0.250 e. The van der Waals surface area contributed by atoms with E-state index in [0.717, 1.165) is 5.56 Å². The van der Waals surface area contributed by atoms with Crippen LogP contribution in [0.4, 0.5) is 5.69 Å². The van der Waals surface area contributed by atoms with E-state index in [0.29, 0.717) is 29.7 Å². The number of benzene rings is 2. The second kappa shape index (κ2) is 7.31. The van der Waals surface area contributed by atoms with Gasteiger partial charge in [-0.15, -0.1) is 0 Å². The normalized spacial score (nSPS) is 28.9. The fourth-order valence-corrected chi connectivity index (χ4v) is 5.68. The van der Waals surface area contributed by atoms with Gasteiger partial charge in [0.1, 0.15) is 5.54 Å². The average Bonchev–Trinajstić information content (AvgIpc) is 3.35. The predicted octanol–water partition coefficient (Wildman–Crippen LogP) is 2.17. The van der Waals surface area contributed by atoms with Crippen molar-refractivity contribution >= 4 is 23.4 Å². The Bertz CT molecular complexity index is 1190. The zero-order valence-corrected chi connectivity index (χ0v) is 18.8. The third-order valence-corrected chi connectivity index (χ3v) is 7.43. The first-order chi connectivity index (χ1) is 15.7. The van der Waals surface area contributed by atoms with Crippen molar-refractivity contribution in [3.63, 3.8) is 0 Å². The van der Waals surface area contributed by atoms with Gasteiger partial charge in [0, 0.05) is 23.3 Å². The summed E-state index contributed by atoms with van der Waals surface area (Å²) in [6.45, 7) is 5.69. The highest BCUT2D eigenvalue weighted by Gasteiger charge is 2.70. The Morgan fingerprint density at radius 1 is 1.06 bits per heavy atom. The van der Waals surface area contributed by atoms with Crippen molar-refractivity contribution in [2.24, 2.45) is 11.8 Å². The number of carbonyl (C=O) groups is 3. The summed E-state index contributed by atoms with van der Waals surface area (Å²) in [4.78, 5) is 42.1. The number of aromatic hydroxyl groups is 2. The van der Waals surface area contributed by atoms with Gasteiger partial charge in [-0.25, -0.2) is 0 Å². The molecule has 3 aliphatic rings. The number of nitrogens with zero attached hydrogens (tertiary/aromatic N) is 1. The largest absolute Gasteiger partial charge is 0.504 e. The van der Waals surface area contributed by atoms with E-state index in [4.69, 9.17) is 0 Å². The molecule has 3 aliphatic heterocycles. The van der Waals surface area contributed by atoms with Crippen LogP contribution >= 0.6 is 0 Å². The molecule has 172 valence electrons. The molecule has 8 heteroatoms. The molecule has 5 rings (SSSR count). The number of phenolic OH excluding ortho intramolecular Hbond substituents is 2. The molecule has 4 N–H and O–H groups in total. The number of hydrogen-bond donors (Lipinski definition) is 4. The Morgan fingerprint density at radius 3 is 2.52 bits per heavy atom. The van der Waals surface area contributed by atoms with E-state index in [-0.39, 0.29) is 35.3 Å². The van der Waals surface area contributed by atoms with Crippen LogP contribution in [0.25, 0.3) is 0 Å². The van der Waals surface area contributed by atoms with Crippen LogP contribution in [-0.2, 0) is 26.3 Å². The number of likely N-dealkylation sites (tertiary alicyclic amines) is 1. The molecular weight excluding hydrogens is 422 g/mol. The van der Waals surface area contributed by atoms with Crippen LogP contribution in [0, 0.1) is 18.8 Å². The zero-order valence-electron chi connectivity index (χ0n) is 18.8. The van der Waals surface area contributed by atoms with Crippen molar-refractivity contribution < 1.29 is 24.6 Å². The van der Waals surface area contributed by atoms with Crippen LogP contribution < -0.4 is 10.6 Å². The molecule has 0 bridgehead atoms. The van der Waals surface area contributed by atoms with Crippen molar-refractivity contribution in [3.05, 3.63) is 53.1 Å². The SMILES string of the molecule is CCC(C)N1C(=O)C2C(Cc3ccc(O)c(O)c3)NC3(C(=O)Nc4ccc(C)cc43)C2C1=O. The maximum absolute atomic E-state index is 13.7. The van der Waals surface area contributed by atoms with E-state index >= 15 is 0 Å². The first-order valence-electron chi connectivity index (χ1n) is 11.3. The van der Waals surface area contributed by atoms with Gasteiger partial charge in [0.15, 0.2) is 11.5 Å². The molecule has 33 heavy (non-hydrogen) atoms. The number of hydrogen-bond acceptors (Lipinski definition) is 6. The Balaban J connectivity index is 1.64. The number of fused-ring (bicyclic) bond motifs is 4. The molecule has 3 amide bonds. The van der Waals surface area contributed by atoms with Crippen LogP contribution in [0.1, 0.15) is 37.0 Å². The van der Waals surface area contributed by atoms with Crippen LogP contribution in [-0.4, -0.2) is 44.9 Å². The molecule has 0 aliphatic carbocycles. The molecule has 1 spiro atoms. The van der Waals surface area contributed by atoms with Gasteiger partial charge in [0.25, 0.3) is 0 Å². The first-order valence-corrected chi connectivity index (χ1v) is 11.3. The highest BCUT2D eigenvalue weighted by atomic mass is 16.3. The quantitative estimate of drug-likeness (QED) is 0.420. The third-order valence-electron chi connectivity index (χ3n) is 7.43. The molecule has 5 atom stereocenters. The highest BCUT2D eigenvalue weighted by Crippen LogP contribution is 2.53. The minimum absolute atomic E-state index is 0.234. The maximum Gasteiger partial charge on any atom is 0.250 e. The minimum atomic E-state index is -1.34. The third kappa shape index (κ3) is 2.90. The number of anilines is 1. The number of nitrogens with one attached hydrogen (secondary N) is 2. The molecule has 0 radical (unpaired) electrons. The van der Waals surface area contributed by atoms with Crippen molar-refractivity contribution in [1.29, 1.82) is 0 Å². The average molecular weight is 450 g/mol. The van der Waals surface area contributed by atoms with E-state index in [1.54, 1.807) is 6.07 Å². The van der Waals surface area contributed by atoms with Gasteiger partial charge < -0.3 is 15.5 Å². The molecule has 2 aromatic carbocycles. The Morgan fingerprint density at radius 2 is 1.82 bits per heavy atom. The molecule has 2 fully saturated rings. The molecule has 5 unspecified atom stereocenters. The van der Waals surface area contributed by atoms with Gasteiger partial charge in [0.2, 0.25) is 17.7 Å². The van der Waals surface area contributed by atoms with Crippen LogP contribution in [0.5, 0.6) is 11.5 Å². The lowest BCUT2D eigenvalue weighted by Gasteiger charge is -2.31. The van der Waals surface area contributed by atoms with Gasteiger partial charge in [-0.2, -0.15) is 0 Å². The fraction of sp³-hybridized carbons (Fsp3) is 0.400. The Hall–Kier alpha value is -3.39. The summed E-state index contributed by atoms with van der Waals surface area (Å²) >= 11 is 0. The Kier molecular flexibility index (Phi) is 4.75. The molecular formula is C25H27N3O5. The van der Waals surface area contributed by atoms with E-state index in [1.807, 2.05) is 39.0 Å². The summed E-state index contributed by atoms with van der Waals surface area (Å²) in [5.41, 5.74) is 1.62. The zero-order chi connectivity index (χ0) is 23.7. The standard InChI is InChI=1S/C25H27N3O5/c1-4-13(3)28-22(31)20-17(10-14-6-8-18(29)19(30)11-14)27-25(21(20)23(28)32)15-9-12(2)5-7-16(15)26-24(25)33/h5-9,11,13,17,20-21,27,29-30H,4,10H2,1-3H3,(H,26,33). The van der Waals surface area contributed by atoms with Gasteiger partial charge in [0.05, 0.1) is 11.8 Å². The summed E-state index contributed by atoms with van der Waals surface area (Å²) < 4.78 is 0. The van der Waals surface area contributed by atoms with Gasteiger partial charge in [-0.3, -0.25) is 24.6 Å². The summed E-state index contributed by atoms with van der Waals surface area (Å²) in [6, 6.07) is 9.33. The minimum Gasteiger partial charge on any atom is -0.504 e. The maximum atomic E-state index is 13.7. The Labute approximate surface area is 191 Å². The van der Waals surface area contributed by atoms with Crippen LogP contribution in [0.2, 0.25) is 0 Å². The highest BCUT2D eigenvalue weighted by molar-refractivity contribution is 6.15.